The van der Waals surface area contributed by atoms with E-state index < -0.39 is 0 Å². The molecule has 0 saturated heterocycles. The van der Waals surface area contributed by atoms with E-state index in [1.54, 1.807) is 0 Å². The van der Waals surface area contributed by atoms with Crippen LogP contribution in [0.4, 0.5) is 5.69 Å². The largest absolute Gasteiger partial charge is 0.238 e. The Morgan fingerprint density at radius 1 is 0.371 bits per heavy atom. The Kier molecular flexibility index (Phi) is 7.90. The van der Waals surface area contributed by atoms with Crippen LogP contribution in [0.25, 0.3) is 126 Å². The first-order valence-electron chi connectivity index (χ1n) is 20.5. The number of nitriles is 1. The Bertz CT molecular complexity index is 3870. The molecule has 0 aliphatic rings. The third-order valence-corrected chi connectivity index (χ3v) is 12.3. The first-order valence-corrected chi connectivity index (χ1v) is 20.5. The van der Waals surface area contributed by atoms with E-state index in [0.717, 1.165) is 49.7 Å². The van der Waals surface area contributed by atoms with E-state index in [-0.39, 0.29) is 0 Å². The van der Waals surface area contributed by atoms with Crippen LogP contribution in [0.3, 0.4) is 0 Å². The first kappa shape index (κ1) is 35.2. The summed E-state index contributed by atoms with van der Waals surface area (Å²) in [5, 5.41) is 23.9. The number of benzene rings is 10. The van der Waals surface area contributed by atoms with Gasteiger partial charge in [0.15, 0.2) is 23.2 Å². The minimum absolute atomic E-state index is 0.544. The van der Waals surface area contributed by atoms with Gasteiger partial charge in [0.1, 0.15) is 0 Å². The Hall–Kier alpha value is -8.77. The maximum absolute atomic E-state index is 9.44. The van der Waals surface area contributed by atoms with Crippen LogP contribution in [-0.2, 0) is 0 Å². The van der Waals surface area contributed by atoms with E-state index in [2.05, 4.69) is 126 Å². The van der Waals surface area contributed by atoms with Crippen molar-refractivity contribution in [3.8, 4) is 62.5 Å². The van der Waals surface area contributed by atoms with Crippen molar-refractivity contribution in [3.05, 3.63) is 205 Å². The van der Waals surface area contributed by atoms with Crippen LogP contribution in [0.2, 0.25) is 0 Å². The van der Waals surface area contributed by atoms with Gasteiger partial charge >= 0.3 is 0 Å². The van der Waals surface area contributed by atoms with Crippen molar-refractivity contribution in [1.82, 2.24) is 15.0 Å². The number of nitrogens with zero attached hydrogens (tertiary/aromatic N) is 5. The first-order chi connectivity index (χ1) is 30.6. The van der Waals surface area contributed by atoms with Gasteiger partial charge in [0.2, 0.25) is 0 Å². The van der Waals surface area contributed by atoms with Gasteiger partial charge in [-0.15, -0.1) is 0 Å². The van der Waals surface area contributed by atoms with Crippen LogP contribution >= 0.6 is 0 Å². The Labute approximate surface area is 356 Å². The van der Waals surface area contributed by atoms with E-state index in [0.29, 0.717) is 28.7 Å². The summed E-state index contributed by atoms with van der Waals surface area (Å²) in [5.74, 6) is 1.65. The van der Waals surface area contributed by atoms with Crippen molar-refractivity contribution in [2.24, 2.45) is 0 Å². The molecule has 1 heterocycles. The molecule has 5 heteroatoms. The topological polar surface area (TPSA) is 66.8 Å². The summed E-state index contributed by atoms with van der Waals surface area (Å²) in [7, 11) is 0. The van der Waals surface area contributed by atoms with Gasteiger partial charge < -0.3 is 0 Å². The molecule has 11 aromatic carbocycles. The predicted octanol–water partition coefficient (Wildman–Crippen LogP) is 15.0. The van der Waals surface area contributed by atoms with Gasteiger partial charge in [-0.3, -0.25) is 0 Å². The summed E-state index contributed by atoms with van der Waals surface area (Å²) in [6.07, 6.45) is 0. The van der Waals surface area contributed by atoms with Crippen molar-refractivity contribution in [3.63, 3.8) is 0 Å². The van der Waals surface area contributed by atoms with Gasteiger partial charge in [0.05, 0.1) is 18.2 Å². The highest BCUT2D eigenvalue weighted by Crippen LogP contribution is 2.44. The Morgan fingerprint density at radius 3 is 1.52 bits per heavy atom. The molecule has 0 amide bonds. The summed E-state index contributed by atoms with van der Waals surface area (Å²) in [6.45, 7) is 7.52. The van der Waals surface area contributed by atoms with Gasteiger partial charge in [-0.1, -0.05) is 158 Å². The second kappa shape index (κ2) is 13.9. The quantitative estimate of drug-likeness (QED) is 0.129. The monoisotopic (exact) mass is 785 g/mol. The average molecular weight is 786 g/mol. The van der Waals surface area contributed by atoms with Crippen molar-refractivity contribution in [2.45, 2.75) is 0 Å². The molecule has 0 unspecified atom stereocenters. The highest BCUT2D eigenvalue weighted by atomic mass is 15.0. The lowest BCUT2D eigenvalue weighted by Crippen LogP contribution is -2.01. The van der Waals surface area contributed by atoms with E-state index in [9.17, 15) is 5.26 Å². The molecule has 284 valence electrons. The van der Waals surface area contributed by atoms with Gasteiger partial charge in [0.25, 0.3) is 0 Å². The molecule has 0 aliphatic heterocycles. The molecule has 12 rings (SSSR count). The third kappa shape index (κ3) is 5.58. The molecule has 62 heavy (non-hydrogen) atoms. The van der Waals surface area contributed by atoms with E-state index in [1.807, 2.05) is 72.8 Å². The molecule has 5 nitrogen and oxygen atoms in total. The second-order valence-corrected chi connectivity index (χ2v) is 15.7. The maximum atomic E-state index is 9.44. The van der Waals surface area contributed by atoms with Crippen LogP contribution in [0.1, 0.15) is 5.56 Å². The van der Waals surface area contributed by atoms with Gasteiger partial charge in [0, 0.05) is 16.7 Å². The van der Waals surface area contributed by atoms with Crippen LogP contribution < -0.4 is 0 Å². The summed E-state index contributed by atoms with van der Waals surface area (Å²) < 4.78 is 0. The highest BCUT2D eigenvalue weighted by Gasteiger charge is 2.20. The zero-order valence-corrected chi connectivity index (χ0v) is 33.1. The second-order valence-electron chi connectivity index (χ2n) is 15.7. The minimum Gasteiger partial charge on any atom is -0.238 e. The maximum Gasteiger partial charge on any atom is 0.187 e. The van der Waals surface area contributed by atoms with Crippen LogP contribution in [0.5, 0.6) is 0 Å². The van der Waals surface area contributed by atoms with Gasteiger partial charge in [-0.2, -0.15) is 5.26 Å². The minimum atomic E-state index is 0.544. The lowest BCUT2D eigenvalue weighted by molar-refractivity contribution is 1.08. The van der Waals surface area contributed by atoms with Crippen molar-refractivity contribution < 1.29 is 0 Å². The molecule has 0 radical (unpaired) electrons. The van der Waals surface area contributed by atoms with Gasteiger partial charge in [-0.25, -0.2) is 19.8 Å². The molecule has 12 aromatic rings. The SMILES string of the molecule is [C-]#[N+]c1ccc(-c2ccccc2-c2nc(-c3cccc(-c4ccc(C#N)cc4)c3)nc(-c3cc4ccc5cccc6c7cccc8ccc9cccc(c(c3)c4c56)c9c87)n2)cc1. The third-order valence-electron chi connectivity index (χ3n) is 12.3. The molecule has 0 fully saturated rings. The van der Waals surface area contributed by atoms with E-state index in [1.165, 1.54) is 53.9 Å². The normalized spacial score (nSPS) is 11.5. The fourth-order valence-corrected chi connectivity index (χ4v) is 9.39. The Balaban J connectivity index is 1.16. The molecule has 0 spiro atoms. The smallest absolute Gasteiger partial charge is 0.187 e. The number of fused-ring (bicyclic) bond motifs is 2. The van der Waals surface area contributed by atoms with Gasteiger partial charge in [-0.05, 0) is 117 Å². The van der Waals surface area contributed by atoms with Crippen LogP contribution in [0.15, 0.2) is 188 Å². The molecular weight excluding hydrogens is 755 g/mol. The summed E-state index contributed by atoms with van der Waals surface area (Å²) in [5.41, 5.74) is 7.68. The molecule has 1 aromatic heterocycles. The van der Waals surface area contributed by atoms with Crippen LogP contribution in [-0.4, -0.2) is 15.0 Å². The standard InChI is InChI=1S/C57H31N5/c1-59-44-28-26-36(27-29-44)45-13-2-3-14-49(45)57-61-55(42-12-4-11-40(30-42)35-20-18-34(33-58)19-21-35)60-56(62-57)43-31-41-25-24-39-9-6-16-47-46-15-5-8-37-22-23-38-10-7-17-48(53(38)51(37)46)50(32-43)54(41)52(39)47/h2-32H. The number of rotatable bonds is 5. The average Bonchev–Trinajstić information content (AvgIpc) is 3.34. The zero-order valence-electron chi connectivity index (χ0n) is 33.1. The molecule has 0 bridgehead atoms. The number of hydrogen-bond acceptors (Lipinski definition) is 4. The number of hydrogen-bond donors (Lipinski definition) is 0. The number of aromatic nitrogens is 3. The highest BCUT2D eigenvalue weighted by molar-refractivity contribution is 6.37. The summed E-state index contributed by atoms with van der Waals surface area (Å²) in [4.78, 5) is 19.5. The fraction of sp³-hybridized carbons (Fsp3) is 0. The predicted molar refractivity (Wildman–Crippen MR) is 254 cm³/mol. The molecule has 0 saturated carbocycles. The molecular formula is C57H31N5. The van der Waals surface area contributed by atoms with Crippen molar-refractivity contribution in [1.29, 1.82) is 5.26 Å². The van der Waals surface area contributed by atoms with E-state index in [4.69, 9.17) is 21.5 Å². The molecule has 0 N–H and O–H groups in total. The fourth-order valence-electron chi connectivity index (χ4n) is 9.39. The van der Waals surface area contributed by atoms with Crippen molar-refractivity contribution >= 4 is 70.3 Å². The summed E-state index contributed by atoms with van der Waals surface area (Å²) >= 11 is 0. The van der Waals surface area contributed by atoms with Crippen molar-refractivity contribution in [2.75, 3.05) is 0 Å². The summed E-state index contributed by atoms with van der Waals surface area (Å²) in [6, 6.07) is 67.3. The molecule has 0 aliphatic carbocycles. The van der Waals surface area contributed by atoms with E-state index >= 15 is 0 Å². The zero-order chi connectivity index (χ0) is 41.3. The lowest BCUT2D eigenvalue weighted by atomic mass is 9.87. The lowest BCUT2D eigenvalue weighted by Gasteiger charge is -2.17. The Morgan fingerprint density at radius 2 is 0.887 bits per heavy atom. The molecule has 0 atom stereocenters. The van der Waals surface area contributed by atoms with Crippen LogP contribution in [0, 0.1) is 17.9 Å².